The molecule has 0 saturated carbocycles. The molecule has 0 spiro atoms. The summed E-state index contributed by atoms with van der Waals surface area (Å²) in [6.45, 7) is 2.10. The molecule has 1 heterocycles. The highest BCUT2D eigenvalue weighted by atomic mass is 127. The Labute approximate surface area is 140 Å². The number of hydrogen-bond acceptors (Lipinski definition) is 2. The van der Waals surface area contributed by atoms with Crippen LogP contribution in [0.4, 0.5) is 0 Å². The van der Waals surface area contributed by atoms with Gasteiger partial charge in [0.1, 0.15) is 5.15 Å². The summed E-state index contributed by atoms with van der Waals surface area (Å²) in [6, 6.07) is 5.38. The van der Waals surface area contributed by atoms with Gasteiger partial charge in [0.15, 0.2) is 5.82 Å². The second-order valence-corrected chi connectivity index (χ2v) is 6.17. The molecule has 100 valence electrons. The third-order valence-electron chi connectivity index (χ3n) is 2.56. The van der Waals surface area contributed by atoms with Gasteiger partial charge in [-0.25, -0.2) is 9.97 Å². The van der Waals surface area contributed by atoms with Crippen LogP contribution in [0.1, 0.15) is 19.0 Å². The molecular weight excluding hydrogens is 417 g/mol. The van der Waals surface area contributed by atoms with Crippen molar-refractivity contribution in [2.45, 2.75) is 19.8 Å². The Morgan fingerprint density at radius 2 is 1.89 bits per heavy atom. The summed E-state index contributed by atoms with van der Waals surface area (Å²) in [7, 11) is 0. The number of rotatable bonds is 3. The third kappa shape index (κ3) is 3.32. The van der Waals surface area contributed by atoms with Gasteiger partial charge in [0.25, 0.3) is 0 Å². The topological polar surface area (TPSA) is 25.8 Å². The summed E-state index contributed by atoms with van der Waals surface area (Å²) in [4.78, 5) is 8.84. The van der Waals surface area contributed by atoms with Gasteiger partial charge in [0.05, 0.1) is 19.3 Å². The molecule has 0 unspecified atom stereocenters. The molecule has 0 saturated heterocycles. The van der Waals surface area contributed by atoms with E-state index in [1.807, 2.05) is 12.1 Å². The van der Waals surface area contributed by atoms with Gasteiger partial charge in [-0.05, 0) is 41.1 Å². The normalized spacial score (nSPS) is 10.8. The lowest BCUT2D eigenvalue weighted by atomic mass is 10.2. The molecule has 0 aliphatic heterocycles. The van der Waals surface area contributed by atoms with Gasteiger partial charge < -0.3 is 0 Å². The van der Waals surface area contributed by atoms with E-state index in [1.54, 1.807) is 6.07 Å². The second kappa shape index (κ2) is 6.57. The standard InChI is InChI=1S/C13H10Cl3IN2/c1-2-4-9-11(17)12(16)19-13(18-9)7-5-3-6-8(14)10(7)15/h3,5-6H,2,4H2,1H3. The molecule has 6 heteroatoms. The van der Waals surface area contributed by atoms with Crippen molar-refractivity contribution in [1.29, 1.82) is 0 Å². The van der Waals surface area contributed by atoms with Crippen LogP contribution in [-0.2, 0) is 6.42 Å². The predicted octanol–water partition coefficient (Wildman–Crippen LogP) is 5.66. The molecule has 1 aromatic heterocycles. The van der Waals surface area contributed by atoms with Crippen molar-refractivity contribution in [3.63, 3.8) is 0 Å². The largest absolute Gasteiger partial charge is 0.232 e. The summed E-state index contributed by atoms with van der Waals surface area (Å²) < 4.78 is 0.892. The summed E-state index contributed by atoms with van der Waals surface area (Å²) in [5.41, 5.74) is 1.64. The maximum atomic E-state index is 6.19. The predicted molar refractivity (Wildman–Crippen MR) is 89.2 cm³/mol. The number of aryl methyl sites for hydroxylation is 1. The smallest absolute Gasteiger partial charge is 0.162 e. The molecule has 0 amide bonds. The summed E-state index contributed by atoms with van der Waals surface area (Å²) in [5.74, 6) is 0.515. The molecule has 0 atom stereocenters. The van der Waals surface area contributed by atoms with Crippen LogP contribution in [0, 0.1) is 3.57 Å². The van der Waals surface area contributed by atoms with E-state index in [2.05, 4.69) is 39.5 Å². The zero-order chi connectivity index (χ0) is 14.0. The van der Waals surface area contributed by atoms with E-state index in [1.165, 1.54) is 0 Å². The van der Waals surface area contributed by atoms with Gasteiger partial charge in [-0.3, -0.25) is 0 Å². The quantitative estimate of drug-likeness (QED) is 0.467. The monoisotopic (exact) mass is 426 g/mol. The Balaban J connectivity index is 2.59. The summed E-state index contributed by atoms with van der Waals surface area (Å²) >= 11 is 20.5. The molecule has 2 rings (SSSR count). The first-order valence-electron chi connectivity index (χ1n) is 5.71. The van der Waals surface area contributed by atoms with Crippen LogP contribution in [0.2, 0.25) is 15.2 Å². The summed E-state index contributed by atoms with van der Waals surface area (Å²) in [6.07, 6.45) is 1.84. The fraction of sp³-hybridized carbons (Fsp3) is 0.231. The lowest BCUT2D eigenvalue weighted by Crippen LogP contribution is -2.01. The van der Waals surface area contributed by atoms with Gasteiger partial charge in [-0.1, -0.05) is 54.2 Å². The number of nitrogens with zero attached hydrogens (tertiary/aromatic N) is 2. The average Bonchev–Trinajstić information content (AvgIpc) is 2.38. The maximum Gasteiger partial charge on any atom is 0.162 e. The second-order valence-electron chi connectivity index (χ2n) is 3.95. The average molecular weight is 428 g/mol. The molecular formula is C13H10Cl3IN2. The van der Waals surface area contributed by atoms with E-state index in [9.17, 15) is 0 Å². The molecule has 19 heavy (non-hydrogen) atoms. The van der Waals surface area contributed by atoms with Gasteiger partial charge >= 0.3 is 0 Å². The van der Waals surface area contributed by atoms with E-state index in [-0.39, 0.29) is 0 Å². The molecule has 0 aliphatic carbocycles. The Bertz CT molecular complexity index is 617. The van der Waals surface area contributed by atoms with Gasteiger partial charge in [0, 0.05) is 5.56 Å². The van der Waals surface area contributed by atoms with Crippen LogP contribution in [0.15, 0.2) is 18.2 Å². The van der Waals surface area contributed by atoms with Crippen LogP contribution in [0.5, 0.6) is 0 Å². The van der Waals surface area contributed by atoms with Crippen molar-refractivity contribution in [2.75, 3.05) is 0 Å². The number of halogens is 4. The minimum Gasteiger partial charge on any atom is -0.232 e. The first-order chi connectivity index (χ1) is 9.04. The van der Waals surface area contributed by atoms with E-state index in [0.29, 0.717) is 26.6 Å². The van der Waals surface area contributed by atoms with E-state index >= 15 is 0 Å². The SMILES string of the molecule is CCCc1nc(-c2cccc(Cl)c2Cl)nc(Cl)c1I. The number of benzene rings is 1. The summed E-state index contributed by atoms with van der Waals surface area (Å²) in [5, 5.41) is 1.38. The van der Waals surface area contributed by atoms with Gasteiger partial charge in [0.2, 0.25) is 0 Å². The minimum absolute atomic E-state index is 0.448. The number of hydrogen-bond donors (Lipinski definition) is 0. The highest BCUT2D eigenvalue weighted by Crippen LogP contribution is 2.33. The fourth-order valence-electron chi connectivity index (χ4n) is 1.66. The zero-order valence-electron chi connectivity index (χ0n) is 10.1. The molecule has 0 N–H and O–H groups in total. The highest BCUT2D eigenvalue weighted by molar-refractivity contribution is 14.1. The van der Waals surface area contributed by atoms with Gasteiger partial charge in [-0.2, -0.15) is 0 Å². The van der Waals surface area contributed by atoms with Crippen LogP contribution >= 0.6 is 57.4 Å². The Morgan fingerprint density at radius 1 is 1.16 bits per heavy atom. The highest BCUT2D eigenvalue weighted by Gasteiger charge is 2.14. The molecule has 0 aliphatic rings. The maximum absolute atomic E-state index is 6.19. The van der Waals surface area contributed by atoms with Crippen molar-refractivity contribution in [3.8, 4) is 11.4 Å². The van der Waals surface area contributed by atoms with Crippen molar-refractivity contribution in [2.24, 2.45) is 0 Å². The van der Waals surface area contributed by atoms with Crippen molar-refractivity contribution >= 4 is 57.4 Å². The van der Waals surface area contributed by atoms with Crippen molar-refractivity contribution in [1.82, 2.24) is 9.97 Å². The lowest BCUT2D eigenvalue weighted by Gasteiger charge is -2.09. The molecule has 2 aromatic rings. The molecule has 1 aromatic carbocycles. The molecule has 0 bridgehead atoms. The van der Waals surface area contributed by atoms with E-state index in [4.69, 9.17) is 34.8 Å². The lowest BCUT2D eigenvalue weighted by molar-refractivity contribution is 0.867. The van der Waals surface area contributed by atoms with Crippen molar-refractivity contribution < 1.29 is 0 Å². The van der Waals surface area contributed by atoms with Crippen LogP contribution in [0.3, 0.4) is 0 Å². The number of aromatic nitrogens is 2. The zero-order valence-corrected chi connectivity index (χ0v) is 14.5. The Kier molecular flexibility index (Phi) is 5.29. The van der Waals surface area contributed by atoms with Crippen molar-refractivity contribution in [3.05, 3.63) is 42.7 Å². The fourth-order valence-corrected chi connectivity index (χ4v) is 2.75. The molecule has 0 fully saturated rings. The third-order valence-corrected chi connectivity index (χ3v) is 5.10. The minimum atomic E-state index is 0.448. The van der Waals surface area contributed by atoms with Crippen LogP contribution in [-0.4, -0.2) is 9.97 Å². The van der Waals surface area contributed by atoms with Gasteiger partial charge in [-0.15, -0.1) is 0 Å². The Morgan fingerprint density at radius 3 is 2.58 bits per heavy atom. The Hall–Kier alpha value is -0.100. The van der Waals surface area contributed by atoms with E-state index < -0.39 is 0 Å². The van der Waals surface area contributed by atoms with Crippen LogP contribution < -0.4 is 0 Å². The first-order valence-corrected chi connectivity index (χ1v) is 7.92. The first kappa shape index (κ1) is 15.3. The van der Waals surface area contributed by atoms with E-state index in [0.717, 1.165) is 22.1 Å². The van der Waals surface area contributed by atoms with Crippen LogP contribution in [0.25, 0.3) is 11.4 Å². The molecule has 2 nitrogen and oxygen atoms in total. The molecule has 0 radical (unpaired) electrons.